The van der Waals surface area contributed by atoms with Gasteiger partial charge in [0.15, 0.2) is 0 Å². The van der Waals surface area contributed by atoms with Crippen molar-refractivity contribution >= 4 is 0 Å². The lowest BCUT2D eigenvalue weighted by molar-refractivity contribution is -0.417. The fraction of sp³-hybridized carbons (Fsp3) is 1.00. The molecule has 6 heavy (non-hydrogen) atoms. The zero-order valence-electron chi connectivity index (χ0n) is 3.81. The van der Waals surface area contributed by atoms with Gasteiger partial charge in [0.2, 0.25) is 0 Å². The van der Waals surface area contributed by atoms with Crippen molar-refractivity contribution in [3.8, 4) is 0 Å². The van der Waals surface area contributed by atoms with E-state index in [1.165, 1.54) is 12.8 Å². The maximum Gasteiger partial charge on any atom is -0.0544 e. The lowest BCUT2D eigenvalue weighted by Crippen LogP contribution is -2.19. The number of hydrogen-bond acceptors (Lipinski definition) is 1. The summed E-state index contributed by atoms with van der Waals surface area (Å²) in [6.07, 6.45) is 4.01. The van der Waals surface area contributed by atoms with Gasteiger partial charge in [0.1, 0.15) is 0 Å². The van der Waals surface area contributed by atoms with Crippen molar-refractivity contribution < 1.29 is 5.11 Å². The Balaban J connectivity index is 2.18. The molecule has 1 aliphatic rings. The molecule has 1 aliphatic carbocycles. The van der Waals surface area contributed by atoms with Crippen LogP contribution < -0.4 is 5.11 Å². The quantitative estimate of drug-likeness (QED) is 0.414. The molecule has 36 valence electrons. The van der Waals surface area contributed by atoms with Crippen LogP contribution in [0.5, 0.6) is 0 Å². The van der Waals surface area contributed by atoms with E-state index in [4.69, 9.17) is 0 Å². The Labute approximate surface area is 38.0 Å². The number of rotatable bonds is 0. The molecule has 0 atom stereocenters. The van der Waals surface area contributed by atoms with Crippen LogP contribution in [0.4, 0.5) is 0 Å². The van der Waals surface area contributed by atoms with Crippen molar-refractivity contribution in [1.82, 2.24) is 0 Å². The third-order valence-electron chi connectivity index (χ3n) is 1.30. The van der Waals surface area contributed by atoms with Crippen molar-refractivity contribution in [1.29, 1.82) is 0 Å². The van der Waals surface area contributed by atoms with Crippen LogP contribution in [0.3, 0.4) is 0 Å². The largest absolute Gasteiger partial charge is 0.852 e. The van der Waals surface area contributed by atoms with Crippen LogP contribution in [0.15, 0.2) is 0 Å². The van der Waals surface area contributed by atoms with Gasteiger partial charge in [-0.05, 0) is 0 Å². The summed E-state index contributed by atoms with van der Waals surface area (Å²) >= 11 is 0. The highest BCUT2D eigenvalue weighted by Gasteiger charge is 2.01. The van der Waals surface area contributed by atoms with Crippen molar-refractivity contribution in [3.63, 3.8) is 0 Å². The maximum atomic E-state index is 10.3. The molecule has 0 bridgehead atoms. The second-order valence-electron chi connectivity index (χ2n) is 1.91. The fourth-order valence-electron chi connectivity index (χ4n) is 0.888. The minimum Gasteiger partial charge on any atom is -0.852 e. The third-order valence-corrected chi connectivity index (χ3v) is 1.30. The van der Waals surface area contributed by atoms with E-state index >= 15 is 0 Å². The summed E-state index contributed by atoms with van der Waals surface area (Å²) in [5.41, 5.74) is 0. The zero-order valence-corrected chi connectivity index (χ0v) is 3.81. The Kier molecular flexibility index (Phi) is 1.10. The third kappa shape index (κ3) is 0.716. The van der Waals surface area contributed by atoms with E-state index in [0.29, 0.717) is 0 Å². The molecule has 0 amide bonds. The molecule has 0 spiro atoms. The van der Waals surface area contributed by atoms with Crippen LogP contribution in [-0.2, 0) is 0 Å². The first kappa shape index (κ1) is 4.13. The summed E-state index contributed by atoms with van der Waals surface area (Å²) in [5, 5.41) is 10.3. The fourth-order valence-corrected chi connectivity index (χ4v) is 0.888. The molecule has 0 saturated heterocycles. The molecule has 0 aliphatic heterocycles. The highest BCUT2D eigenvalue weighted by atomic mass is 16.3. The van der Waals surface area contributed by atoms with E-state index in [-0.39, 0.29) is 6.10 Å². The van der Waals surface area contributed by atoms with Gasteiger partial charge in [-0.3, -0.25) is 0 Å². The summed E-state index contributed by atoms with van der Waals surface area (Å²) in [5.74, 6) is 0. The molecule has 1 rings (SSSR count). The Morgan fingerprint density at radius 1 is 1.17 bits per heavy atom. The maximum absolute atomic E-state index is 10.3. The van der Waals surface area contributed by atoms with E-state index in [1.807, 2.05) is 0 Å². The number of hydrogen-bond donors (Lipinski definition) is 0. The molecular formula is C5H9O-. The highest BCUT2D eigenvalue weighted by molar-refractivity contribution is 4.61. The van der Waals surface area contributed by atoms with Crippen LogP contribution in [0, 0.1) is 0 Å². The normalized spacial score (nSPS) is 25.5. The highest BCUT2D eigenvalue weighted by Crippen LogP contribution is 2.14. The standard InChI is InChI=1S/C5H9O/c6-5-3-1-2-4-5/h5H,1-4H2/q-1. The second-order valence-corrected chi connectivity index (χ2v) is 1.91. The summed E-state index contributed by atoms with van der Waals surface area (Å²) in [6, 6.07) is 0. The first-order valence-electron chi connectivity index (χ1n) is 2.55. The molecule has 0 aromatic heterocycles. The van der Waals surface area contributed by atoms with E-state index in [1.54, 1.807) is 0 Å². The van der Waals surface area contributed by atoms with Gasteiger partial charge in [0.25, 0.3) is 0 Å². The minimum absolute atomic E-state index is 0.204. The summed E-state index contributed by atoms with van der Waals surface area (Å²) in [6.45, 7) is 0. The average molecular weight is 85.1 g/mol. The molecule has 1 fully saturated rings. The molecule has 1 saturated carbocycles. The van der Waals surface area contributed by atoms with Gasteiger partial charge in [0.05, 0.1) is 0 Å². The Morgan fingerprint density at radius 2 is 1.67 bits per heavy atom. The summed E-state index contributed by atoms with van der Waals surface area (Å²) in [7, 11) is 0. The van der Waals surface area contributed by atoms with E-state index in [2.05, 4.69) is 0 Å². The molecule has 0 radical (unpaired) electrons. The Morgan fingerprint density at radius 3 is 1.83 bits per heavy atom. The SMILES string of the molecule is [O-]C1CCCC1. The van der Waals surface area contributed by atoms with E-state index in [9.17, 15) is 5.11 Å². The lowest BCUT2D eigenvalue weighted by Gasteiger charge is -2.10. The predicted octanol–water partition coefficient (Wildman–Crippen LogP) is 0.289. The average Bonchev–Trinajstić information content (AvgIpc) is 1.86. The van der Waals surface area contributed by atoms with Gasteiger partial charge in [-0.1, -0.05) is 25.7 Å². The molecule has 0 N–H and O–H groups in total. The van der Waals surface area contributed by atoms with Crippen molar-refractivity contribution in [2.75, 3.05) is 0 Å². The van der Waals surface area contributed by atoms with Gasteiger partial charge in [-0.25, -0.2) is 0 Å². The van der Waals surface area contributed by atoms with Crippen LogP contribution in [0.2, 0.25) is 0 Å². The van der Waals surface area contributed by atoms with Crippen LogP contribution in [-0.4, -0.2) is 6.10 Å². The van der Waals surface area contributed by atoms with Crippen molar-refractivity contribution in [2.45, 2.75) is 31.8 Å². The molecule has 1 nitrogen and oxygen atoms in total. The van der Waals surface area contributed by atoms with Crippen LogP contribution in [0.25, 0.3) is 0 Å². The predicted molar refractivity (Wildman–Crippen MR) is 22.3 cm³/mol. The first-order valence-corrected chi connectivity index (χ1v) is 2.55. The molecule has 0 aromatic carbocycles. The van der Waals surface area contributed by atoms with Crippen molar-refractivity contribution in [2.24, 2.45) is 0 Å². The van der Waals surface area contributed by atoms with Gasteiger partial charge in [0, 0.05) is 0 Å². The molecular weight excluding hydrogens is 76.1 g/mol. The van der Waals surface area contributed by atoms with E-state index < -0.39 is 0 Å². The molecule has 0 unspecified atom stereocenters. The lowest BCUT2D eigenvalue weighted by atomic mass is 10.3. The first-order chi connectivity index (χ1) is 2.89. The van der Waals surface area contributed by atoms with Crippen LogP contribution in [0.1, 0.15) is 25.7 Å². The Bertz CT molecular complexity index is 37.2. The van der Waals surface area contributed by atoms with Crippen LogP contribution >= 0.6 is 0 Å². The van der Waals surface area contributed by atoms with Crippen molar-refractivity contribution in [3.05, 3.63) is 0 Å². The topological polar surface area (TPSA) is 23.1 Å². The molecule has 0 aromatic rings. The van der Waals surface area contributed by atoms with Gasteiger partial charge in [-0.15, -0.1) is 6.10 Å². The van der Waals surface area contributed by atoms with Gasteiger partial charge in [-0.2, -0.15) is 0 Å². The molecule has 1 heteroatoms. The Hall–Kier alpha value is -0.0400. The van der Waals surface area contributed by atoms with E-state index in [0.717, 1.165) is 12.8 Å². The van der Waals surface area contributed by atoms with Gasteiger partial charge < -0.3 is 5.11 Å². The second kappa shape index (κ2) is 1.61. The molecule has 0 heterocycles. The smallest absolute Gasteiger partial charge is 0.0544 e. The summed E-state index contributed by atoms with van der Waals surface area (Å²) < 4.78 is 0. The zero-order chi connectivity index (χ0) is 4.41. The van der Waals surface area contributed by atoms with Gasteiger partial charge >= 0.3 is 0 Å². The monoisotopic (exact) mass is 85.1 g/mol. The summed E-state index contributed by atoms with van der Waals surface area (Å²) in [4.78, 5) is 0. The minimum atomic E-state index is -0.204.